The lowest BCUT2D eigenvalue weighted by atomic mass is 10.1. The van der Waals surface area contributed by atoms with E-state index in [2.05, 4.69) is 30.9 Å². The third-order valence-electron chi connectivity index (χ3n) is 4.16. The molecule has 0 saturated carbocycles. The summed E-state index contributed by atoms with van der Waals surface area (Å²) in [6, 6.07) is 21.2. The van der Waals surface area contributed by atoms with Gasteiger partial charge in [-0.05, 0) is 70.0 Å². The molecule has 4 aromatic rings. The molecule has 0 fully saturated rings. The van der Waals surface area contributed by atoms with Crippen LogP contribution in [0.3, 0.4) is 0 Å². The van der Waals surface area contributed by atoms with E-state index >= 15 is 0 Å². The van der Waals surface area contributed by atoms with Crippen LogP contribution in [0.4, 0.5) is 8.78 Å². The van der Waals surface area contributed by atoms with Gasteiger partial charge in [0.15, 0.2) is 0 Å². The summed E-state index contributed by atoms with van der Waals surface area (Å²) in [6.07, 6.45) is 0. The molecule has 0 spiro atoms. The Labute approximate surface area is 179 Å². The molecule has 0 bridgehead atoms. The van der Waals surface area contributed by atoms with Gasteiger partial charge in [0.05, 0.1) is 4.47 Å². The van der Waals surface area contributed by atoms with E-state index in [1.54, 1.807) is 12.1 Å². The molecule has 5 nitrogen and oxygen atoms in total. The summed E-state index contributed by atoms with van der Waals surface area (Å²) in [5.74, 6) is 1.44. The van der Waals surface area contributed by atoms with Gasteiger partial charge in [0, 0.05) is 11.1 Å². The Morgan fingerprint density at radius 2 is 1.60 bits per heavy atom. The molecule has 30 heavy (non-hydrogen) atoms. The third-order valence-corrected chi connectivity index (χ3v) is 4.81. The largest absolute Gasteiger partial charge is 0.488 e. The SMILES string of the molecule is FC(F)Oc1ccc(-c2nnc(-c3cccc(COc4ccccc4Br)c3)o2)cc1. The van der Waals surface area contributed by atoms with Crippen LogP contribution in [-0.4, -0.2) is 16.8 Å². The highest BCUT2D eigenvalue weighted by Gasteiger charge is 2.12. The first-order valence-corrected chi connectivity index (χ1v) is 9.73. The maximum absolute atomic E-state index is 12.3. The average molecular weight is 473 g/mol. The number of aromatic nitrogens is 2. The monoisotopic (exact) mass is 472 g/mol. The second kappa shape index (κ2) is 9.04. The van der Waals surface area contributed by atoms with E-state index < -0.39 is 6.61 Å². The van der Waals surface area contributed by atoms with E-state index in [-0.39, 0.29) is 11.6 Å². The number of alkyl halides is 2. The smallest absolute Gasteiger partial charge is 0.387 e. The van der Waals surface area contributed by atoms with Gasteiger partial charge in [-0.2, -0.15) is 8.78 Å². The van der Waals surface area contributed by atoms with Crippen molar-refractivity contribution in [1.29, 1.82) is 0 Å². The molecule has 0 aliphatic carbocycles. The molecule has 0 radical (unpaired) electrons. The van der Waals surface area contributed by atoms with Gasteiger partial charge in [0.1, 0.15) is 18.1 Å². The van der Waals surface area contributed by atoms with Crippen molar-refractivity contribution >= 4 is 15.9 Å². The summed E-state index contributed by atoms with van der Waals surface area (Å²) < 4.78 is 41.4. The predicted octanol–water partition coefficient (Wildman–Crippen LogP) is 6.35. The van der Waals surface area contributed by atoms with Crippen LogP contribution in [-0.2, 0) is 6.61 Å². The quantitative estimate of drug-likeness (QED) is 0.313. The third kappa shape index (κ3) is 4.83. The molecular formula is C22H15BrF2N2O3. The molecule has 0 N–H and O–H groups in total. The second-order valence-corrected chi connectivity index (χ2v) is 7.09. The van der Waals surface area contributed by atoms with E-state index in [1.165, 1.54) is 12.1 Å². The van der Waals surface area contributed by atoms with Crippen molar-refractivity contribution in [3.8, 4) is 34.4 Å². The number of hydrogen-bond donors (Lipinski definition) is 0. The Kier molecular flexibility index (Phi) is 6.04. The Bertz CT molecular complexity index is 1130. The van der Waals surface area contributed by atoms with Crippen molar-refractivity contribution in [2.75, 3.05) is 0 Å². The summed E-state index contributed by atoms with van der Waals surface area (Å²) in [4.78, 5) is 0. The van der Waals surface area contributed by atoms with Crippen molar-refractivity contribution in [3.63, 3.8) is 0 Å². The van der Waals surface area contributed by atoms with Crippen molar-refractivity contribution in [2.45, 2.75) is 13.2 Å². The van der Waals surface area contributed by atoms with E-state index in [1.807, 2.05) is 48.5 Å². The van der Waals surface area contributed by atoms with E-state index in [9.17, 15) is 8.78 Å². The Balaban J connectivity index is 1.48. The summed E-state index contributed by atoms with van der Waals surface area (Å²) in [6.45, 7) is -2.49. The van der Waals surface area contributed by atoms with Crippen molar-refractivity contribution in [3.05, 3.63) is 82.8 Å². The van der Waals surface area contributed by atoms with Crippen LogP contribution in [0.5, 0.6) is 11.5 Å². The molecule has 0 aliphatic heterocycles. The molecule has 0 atom stereocenters. The molecule has 0 amide bonds. The van der Waals surface area contributed by atoms with Gasteiger partial charge in [-0.1, -0.05) is 24.3 Å². The normalized spacial score (nSPS) is 10.9. The Hall–Kier alpha value is -3.26. The van der Waals surface area contributed by atoms with Gasteiger partial charge in [-0.3, -0.25) is 0 Å². The average Bonchev–Trinajstić information content (AvgIpc) is 3.24. The highest BCUT2D eigenvalue weighted by Crippen LogP contribution is 2.28. The number of para-hydroxylation sites is 1. The Morgan fingerprint density at radius 3 is 2.33 bits per heavy atom. The van der Waals surface area contributed by atoms with Gasteiger partial charge in [0.25, 0.3) is 0 Å². The van der Waals surface area contributed by atoms with E-state index in [0.717, 1.165) is 21.3 Å². The lowest BCUT2D eigenvalue weighted by molar-refractivity contribution is -0.0498. The second-order valence-electron chi connectivity index (χ2n) is 6.23. The zero-order valence-electron chi connectivity index (χ0n) is 15.5. The zero-order chi connectivity index (χ0) is 20.9. The van der Waals surface area contributed by atoms with Crippen molar-refractivity contribution in [2.24, 2.45) is 0 Å². The van der Waals surface area contributed by atoms with E-state index in [4.69, 9.17) is 9.15 Å². The molecule has 8 heteroatoms. The molecule has 1 aromatic heterocycles. The summed E-state index contributed by atoms with van der Waals surface area (Å²) in [5.41, 5.74) is 2.29. The van der Waals surface area contributed by atoms with Gasteiger partial charge in [-0.25, -0.2) is 0 Å². The van der Waals surface area contributed by atoms with Crippen molar-refractivity contribution < 1.29 is 22.7 Å². The summed E-state index contributed by atoms with van der Waals surface area (Å²) >= 11 is 3.46. The number of nitrogens with zero attached hydrogens (tertiary/aromatic N) is 2. The van der Waals surface area contributed by atoms with Crippen LogP contribution < -0.4 is 9.47 Å². The molecule has 1 heterocycles. The number of ether oxygens (including phenoxy) is 2. The maximum Gasteiger partial charge on any atom is 0.387 e. The van der Waals surface area contributed by atoms with Gasteiger partial charge >= 0.3 is 6.61 Å². The molecule has 0 saturated heterocycles. The fourth-order valence-electron chi connectivity index (χ4n) is 2.75. The first kappa shape index (κ1) is 20.0. The van der Waals surface area contributed by atoms with Crippen LogP contribution in [0.25, 0.3) is 22.9 Å². The lowest BCUT2D eigenvalue weighted by Gasteiger charge is -2.08. The first-order chi connectivity index (χ1) is 14.6. The van der Waals surface area contributed by atoms with E-state index in [0.29, 0.717) is 18.1 Å². The van der Waals surface area contributed by atoms with Crippen LogP contribution in [0.15, 0.2) is 81.7 Å². The standard InChI is InChI=1S/C22H15BrF2N2O3/c23-18-6-1-2-7-19(18)28-13-14-4-3-5-16(12-14)21-27-26-20(30-21)15-8-10-17(11-9-15)29-22(24)25/h1-12,22H,13H2. The van der Waals surface area contributed by atoms with Crippen LogP contribution in [0, 0.1) is 0 Å². The molecule has 4 rings (SSSR count). The lowest BCUT2D eigenvalue weighted by Crippen LogP contribution is -2.01. The highest BCUT2D eigenvalue weighted by molar-refractivity contribution is 9.10. The fraction of sp³-hybridized carbons (Fsp3) is 0.0909. The van der Waals surface area contributed by atoms with Crippen LogP contribution in [0.1, 0.15) is 5.56 Å². The fourth-order valence-corrected chi connectivity index (χ4v) is 3.15. The topological polar surface area (TPSA) is 57.4 Å². The minimum Gasteiger partial charge on any atom is -0.488 e. The first-order valence-electron chi connectivity index (χ1n) is 8.94. The minimum atomic E-state index is -2.87. The maximum atomic E-state index is 12.3. The summed E-state index contributed by atoms with van der Waals surface area (Å²) in [5, 5.41) is 8.14. The zero-order valence-corrected chi connectivity index (χ0v) is 17.1. The molecule has 3 aromatic carbocycles. The number of hydrogen-bond acceptors (Lipinski definition) is 5. The number of rotatable bonds is 7. The van der Waals surface area contributed by atoms with Crippen molar-refractivity contribution in [1.82, 2.24) is 10.2 Å². The summed E-state index contributed by atoms with van der Waals surface area (Å²) in [7, 11) is 0. The Morgan fingerprint density at radius 1 is 0.867 bits per heavy atom. The molecule has 0 aliphatic rings. The van der Waals surface area contributed by atoms with Crippen LogP contribution >= 0.6 is 15.9 Å². The highest BCUT2D eigenvalue weighted by atomic mass is 79.9. The number of benzene rings is 3. The minimum absolute atomic E-state index is 0.0613. The number of halogens is 3. The van der Waals surface area contributed by atoms with Gasteiger partial charge in [0.2, 0.25) is 11.8 Å². The van der Waals surface area contributed by atoms with Gasteiger partial charge < -0.3 is 13.9 Å². The van der Waals surface area contributed by atoms with Crippen LogP contribution in [0.2, 0.25) is 0 Å². The molecule has 0 unspecified atom stereocenters. The molecular weight excluding hydrogens is 458 g/mol. The van der Waals surface area contributed by atoms with Gasteiger partial charge in [-0.15, -0.1) is 10.2 Å². The predicted molar refractivity (Wildman–Crippen MR) is 110 cm³/mol. The molecule has 152 valence electrons.